The Morgan fingerprint density at radius 1 is 0.962 bits per heavy atom. The molecule has 130 valence electrons. The predicted molar refractivity (Wildman–Crippen MR) is 93.7 cm³/mol. The van der Waals surface area contributed by atoms with Crippen LogP contribution in [-0.2, 0) is 16.4 Å². The Hall–Kier alpha value is -3.19. The number of carbonyl (C=O) groups excluding carboxylic acids is 2. The van der Waals surface area contributed by atoms with Crippen LogP contribution in [0.3, 0.4) is 0 Å². The van der Waals surface area contributed by atoms with E-state index in [1.165, 1.54) is 30.3 Å². The summed E-state index contributed by atoms with van der Waals surface area (Å²) >= 11 is 0. The number of fused-ring (bicyclic) bond motifs is 2. The standard InChI is InChI=1S/C19H14N2O4S/c22-18-14-5-1-2-6-16(14)26(24,25)17-10-12(7-8-15(17)18)19(23)21-11-13-4-3-9-20-13/h1-10,20H,11H2,(H,21,23). The van der Waals surface area contributed by atoms with Crippen molar-refractivity contribution in [1.82, 2.24) is 10.3 Å². The molecule has 3 aromatic rings. The van der Waals surface area contributed by atoms with E-state index in [9.17, 15) is 18.0 Å². The molecular formula is C19H14N2O4S. The smallest absolute Gasteiger partial charge is 0.251 e. The van der Waals surface area contributed by atoms with Gasteiger partial charge in [-0.25, -0.2) is 8.42 Å². The lowest BCUT2D eigenvalue weighted by Crippen LogP contribution is -2.25. The Bertz CT molecular complexity index is 1130. The van der Waals surface area contributed by atoms with Gasteiger partial charge < -0.3 is 10.3 Å². The maximum atomic E-state index is 12.9. The molecule has 0 atom stereocenters. The average Bonchev–Trinajstić information content (AvgIpc) is 3.18. The molecule has 4 rings (SSSR count). The molecule has 7 heteroatoms. The molecule has 0 spiro atoms. The van der Waals surface area contributed by atoms with Crippen LogP contribution in [0.2, 0.25) is 0 Å². The topological polar surface area (TPSA) is 96.1 Å². The van der Waals surface area contributed by atoms with Crippen LogP contribution >= 0.6 is 0 Å². The summed E-state index contributed by atoms with van der Waals surface area (Å²) in [5.41, 5.74) is 1.26. The highest BCUT2D eigenvalue weighted by Crippen LogP contribution is 2.34. The Morgan fingerprint density at radius 3 is 2.50 bits per heavy atom. The fourth-order valence-corrected chi connectivity index (χ4v) is 4.66. The fraction of sp³-hybridized carbons (Fsp3) is 0.0526. The van der Waals surface area contributed by atoms with Gasteiger partial charge in [0, 0.05) is 28.6 Å². The molecule has 0 saturated heterocycles. The van der Waals surface area contributed by atoms with Gasteiger partial charge >= 0.3 is 0 Å². The minimum atomic E-state index is -3.86. The number of sulfone groups is 1. The van der Waals surface area contributed by atoms with Crippen molar-refractivity contribution < 1.29 is 18.0 Å². The first-order chi connectivity index (χ1) is 12.5. The molecule has 0 saturated carbocycles. The van der Waals surface area contributed by atoms with Gasteiger partial charge in [-0.15, -0.1) is 0 Å². The zero-order valence-corrected chi connectivity index (χ0v) is 14.3. The second-order valence-corrected chi connectivity index (χ2v) is 7.80. The normalized spacial score (nSPS) is 14.4. The van der Waals surface area contributed by atoms with E-state index >= 15 is 0 Å². The number of amides is 1. The predicted octanol–water partition coefficient (Wildman–Crippen LogP) is 2.32. The van der Waals surface area contributed by atoms with Gasteiger partial charge in [0.15, 0.2) is 5.78 Å². The van der Waals surface area contributed by atoms with E-state index in [1.807, 2.05) is 12.1 Å². The number of rotatable bonds is 3. The summed E-state index contributed by atoms with van der Waals surface area (Å²) in [6.07, 6.45) is 1.75. The Kier molecular flexibility index (Phi) is 3.73. The van der Waals surface area contributed by atoms with Crippen molar-refractivity contribution in [3.63, 3.8) is 0 Å². The van der Waals surface area contributed by atoms with Gasteiger partial charge in [0.1, 0.15) is 0 Å². The van der Waals surface area contributed by atoms with Gasteiger partial charge in [0.2, 0.25) is 9.84 Å². The third-order valence-electron chi connectivity index (χ3n) is 4.30. The summed E-state index contributed by atoms with van der Waals surface area (Å²) in [4.78, 5) is 27.8. The second-order valence-electron chi connectivity index (χ2n) is 5.92. The van der Waals surface area contributed by atoms with Crippen LogP contribution < -0.4 is 5.32 Å². The zero-order chi connectivity index (χ0) is 18.3. The van der Waals surface area contributed by atoms with Gasteiger partial charge in [-0.05, 0) is 42.5 Å². The van der Waals surface area contributed by atoms with Gasteiger partial charge in [-0.2, -0.15) is 0 Å². The maximum absolute atomic E-state index is 12.9. The molecule has 1 amide bonds. The van der Waals surface area contributed by atoms with Crippen molar-refractivity contribution in [1.29, 1.82) is 0 Å². The number of nitrogens with one attached hydrogen (secondary N) is 2. The fourth-order valence-electron chi connectivity index (χ4n) is 2.98. The zero-order valence-electron chi connectivity index (χ0n) is 13.5. The lowest BCUT2D eigenvalue weighted by atomic mass is 10.0. The number of hydrogen-bond donors (Lipinski definition) is 2. The molecule has 0 radical (unpaired) electrons. The van der Waals surface area contributed by atoms with Crippen molar-refractivity contribution in [2.75, 3.05) is 0 Å². The minimum absolute atomic E-state index is 0.0264. The molecule has 0 aliphatic carbocycles. The van der Waals surface area contributed by atoms with Crippen LogP contribution in [-0.4, -0.2) is 25.1 Å². The molecule has 0 bridgehead atoms. The molecule has 26 heavy (non-hydrogen) atoms. The maximum Gasteiger partial charge on any atom is 0.251 e. The second kappa shape index (κ2) is 5.96. The minimum Gasteiger partial charge on any atom is -0.364 e. The Balaban J connectivity index is 1.71. The van der Waals surface area contributed by atoms with Crippen LogP contribution in [0.25, 0.3) is 0 Å². The van der Waals surface area contributed by atoms with E-state index in [1.54, 1.807) is 18.3 Å². The Labute approximate surface area is 149 Å². The summed E-state index contributed by atoms with van der Waals surface area (Å²) in [6, 6.07) is 13.9. The van der Waals surface area contributed by atoms with E-state index in [2.05, 4.69) is 10.3 Å². The quantitative estimate of drug-likeness (QED) is 0.582. The highest BCUT2D eigenvalue weighted by atomic mass is 32.2. The summed E-state index contributed by atoms with van der Waals surface area (Å²) in [5.74, 6) is -0.771. The number of carbonyl (C=O) groups is 2. The summed E-state index contributed by atoms with van der Waals surface area (Å²) < 4.78 is 25.7. The van der Waals surface area contributed by atoms with Crippen LogP contribution in [0.5, 0.6) is 0 Å². The number of ketones is 1. The summed E-state index contributed by atoms with van der Waals surface area (Å²) in [5, 5.41) is 2.72. The lowest BCUT2D eigenvalue weighted by Gasteiger charge is -2.19. The van der Waals surface area contributed by atoms with Crippen LogP contribution in [0.1, 0.15) is 32.0 Å². The van der Waals surface area contributed by atoms with Crippen molar-refractivity contribution in [2.45, 2.75) is 16.3 Å². The highest BCUT2D eigenvalue weighted by molar-refractivity contribution is 7.91. The highest BCUT2D eigenvalue weighted by Gasteiger charge is 2.34. The molecule has 2 aromatic carbocycles. The molecule has 2 N–H and O–H groups in total. The first kappa shape index (κ1) is 16.3. The van der Waals surface area contributed by atoms with E-state index in [-0.39, 0.29) is 38.8 Å². The largest absolute Gasteiger partial charge is 0.364 e. The van der Waals surface area contributed by atoms with Crippen molar-refractivity contribution in [2.24, 2.45) is 0 Å². The van der Waals surface area contributed by atoms with Crippen molar-refractivity contribution >= 4 is 21.5 Å². The number of aromatic nitrogens is 1. The summed E-state index contributed by atoms with van der Waals surface area (Å²) in [7, 11) is -3.86. The molecule has 1 aromatic heterocycles. The Morgan fingerprint density at radius 2 is 1.73 bits per heavy atom. The average molecular weight is 366 g/mol. The van der Waals surface area contributed by atoms with Gasteiger partial charge in [0.05, 0.1) is 16.3 Å². The van der Waals surface area contributed by atoms with E-state index < -0.39 is 15.7 Å². The number of hydrogen-bond acceptors (Lipinski definition) is 4. The molecule has 1 aliphatic heterocycles. The van der Waals surface area contributed by atoms with Gasteiger partial charge in [-0.3, -0.25) is 9.59 Å². The monoisotopic (exact) mass is 366 g/mol. The lowest BCUT2D eigenvalue weighted by molar-refractivity contribution is 0.0948. The first-order valence-corrected chi connectivity index (χ1v) is 9.40. The van der Waals surface area contributed by atoms with Crippen molar-refractivity contribution in [3.8, 4) is 0 Å². The van der Waals surface area contributed by atoms with Crippen molar-refractivity contribution in [3.05, 3.63) is 83.2 Å². The van der Waals surface area contributed by atoms with E-state index in [0.29, 0.717) is 0 Å². The third kappa shape index (κ3) is 2.53. The molecular weight excluding hydrogens is 352 g/mol. The number of H-pyrrole nitrogens is 1. The number of aromatic amines is 1. The summed E-state index contributed by atoms with van der Waals surface area (Å²) in [6.45, 7) is 0.289. The van der Waals surface area contributed by atoms with Crippen LogP contribution in [0.15, 0.2) is 70.6 Å². The molecule has 6 nitrogen and oxygen atoms in total. The number of benzene rings is 2. The molecule has 1 aliphatic rings. The SMILES string of the molecule is O=C(NCc1ccc[nH]1)c1ccc2c(c1)S(=O)(=O)c1ccccc1C2=O. The van der Waals surface area contributed by atoms with Crippen LogP contribution in [0.4, 0.5) is 0 Å². The van der Waals surface area contributed by atoms with Gasteiger partial charge in [0.25, 0.3) is 5.91 Å². The van der Waals surface area contributed by atoms with E-state index in [0.717, 1.165) is 5.69 Å². The molecule has 2 heterocycles. The third-order valence-corrected chi connectivity index (χ3v) is 6.15. The molecule has 0 fully saturated rings. The van der Waals surface area contributed by atoms with E-state index in [4.69, 9.17) is 0 Å². The van der Waals surface area contributed by atoms with Gasteiger partial charge in [-0.1, -0.05) is 12.1 Å². The first-order valence-electron chi connectivity index (χ1n) is 7.92. The van der Waals surface area contributed by atoms with Crippen LogP contribution in [0, 0.1) is 0 Å². The molecule has 0 unspecified atom stereocenters.